The molecule has 5 heterocycles. The number of sulfone groups is 1. The number of rotatable bonds is 6. The van der Waals surface area contributed by atoms with Crippen molar-refractivity contribution in [2.75, 3.05) is 17.7 Å². The summed E-state index contributed by atoms with van der Waals surface area (Å²) < 4.78 is 37.7. The van der Waals surface area contributed by atoms with Gasteiger partial charge in [0, 0.05) is 47.7 Å². The molecule has 0 aliphatic rings. The van der Waals surface area contributed by atoms with E-state index in [-0.39, 0.29) is 12.2 Å². The van der Waals surface area contributed by atoms with Gasteiger partial charge in [0.15, 0.2) is 17.1 Å². The van der Waals surface area contributed by atoms with Gasteiger partial charge in [-0.25, -0.2) is 27.8 Å². The number of nitrogens with one attached hydrogen (secondary N) is 2. The Balaban J connectivity index is 1.43. The van der Waals surface area contributed by atoms with Crippen LogP contribution in [0, 0.1) is 5.82 Å². The van der Waals surface area contributed by atoms with Gasteiger partial charge >= 0.3 is 0 Å². The van der Waals surface area contributed by atoms with Crippen LogP contribution in [-0.2, 0) is 16.3 Å². The quantitative estimate of drug-likeness (QED) is 0.293. The molecule has 0 aliphatic carbocycles. The van der Waals surface area contributed by atoms with Crippen LogP contribution >= 0.6 is 0 Å². The maximum atomic E-state index is 14.5. The lowest BCUT2D eigenvalue weighted by Gasteiger charge is -2.07. The molecule has 0 saturated carbocycles. The summed E-state index contributed by atoms with van der Waals surface area (Å²) in [5.74, 6) is -0.0320. The Labute approximate surface area is 216 Å². The van der Waals surface area contributed by atoms with Gasteiger partial charge in [-0.3, -0.25) is 10.1 Å². The van der Waals surface area contributed by atoms with E-state index >= 15 is 0 Å². The predicted molar refractivity (Wildman–Crippen MR) is 143 cm³/mol. The Morgan fingerprint density at radius 2 is 1.82 bits per heavy atom. The van der Waals surface area contributed by atoms with E-state index < -0.39 is 15.7 Å². The van der Waals surface area contributed by atoms with E-state index in [0.29, 0.717) is 50.7 Å². The summed E-state index contributed by atoms with van der Waals surface area (Å²) in [5, 5.41) is 8.04. The molecule has 0 fully saturated rings. The zero-order chi connectivity index (χ0) is 26.4. The molecule has 12 heteroatoms. The summed E-state index contributed by atoms with van der Waals surface area (Å²) in [6.07, 6.45) is 7.96. The molecule has 10 nitrogen and oxygen atoms in total. The first-order valence-electron chi connectivity index (χ1n) is 11.6. The second-order valence-electron chi connectivity index (χ2n) is 9.07. The number of aromatic amines is 2. The first-order valence-corrected chi connectivity index (χ1v) is 13.7. The van der Waals surface area contributed by atoms with Crippen molar-refractivity contribution in [2.24, 2.45) is 0 Å². The molecule has 6 rings (SSSR count). The minimum atomic E-state index is -3.18. The highest BCUT2D eigenvalue weighted by atomic mass is 32.2. The number of H-pyrrole nitrogens is 2. The number of anilines is 1. The number of aryl methyl sites for hydroxylation is 1. The number of aromatic nitrogens is 7. The molecule has 0 spiro atoms. The predicted octanol–water partition coefficient (Wildman–Crippen LogP) is 3.93. The highest BCUT2D eigenvalue weighted by Gasteiger charge is 2.17. The molecular formula is C26H21FN8O2S. The second kappa shape index (κ2) is 8.99. The Kier molecular flexibility index (Phi) is 5.60. The van der Waals surface area contributed by atoms with Crippen molar-refractivity contribution in [1.82, 2.24) is 35.1 Å². The standard InChI is InChI=1S/C26H21FN8O2S/c1-38(36,37)5-3-14-6-15(8-18(27)7-14)20-2-4-30-25-22(20)32-26(33-25)23-21-10-17(12-31-24(21)35-34-23)16-9-19(28)13-29-11-16/h2,4,6-13H,3,5,28H2,1H3,(H,30,32,33)(H,31,34,35). The van der Waals surface area contributed by atoms with Crippen molar-refractivity contribution >= 4 is 37.7 Å². The molecule has 5 aromatic heterocycles. The summed E-state index contributed by atoms with van der Waals surface area (Å²) in [6.45, 7) is 0. The lowest BCUT2D eigenvalue weighted by molar-refractivity contribution is 0.600. The molecular weight excluding hydrogens is 507 g/mol. The average molecular weight is 529 g/mol. The highest BCUT2D eigenvalue weighted by Crippen LogP contribution is 2.32. The Morgan fingerprint density at radius 3 is 2.63 bits per heavy atom. The SMILES string of the molecule is CS(=O)(=O)CCc1cc(F)cc(-c2ccnc3nc(-c4[nH]nc5ncc(-c6cncc(N)c6)cc45)[nH]c23)c1. The Morgan fingerprint density at radius 1 is 0.974 bits per heavy atom. The van der Waals surface area contributed by atoms with E-state index in [1.165, 1.54) is 12.1 Å². The van der Waals surface area contributed by atoms with Crippen molar-refractivity contribution in [3.8, 4) is 33.8 Å². The maximum Gasteiger partial charge on any atom is 0.181 e. The van der Waals surface area contributed by atoms with Crippen LogP contribution in [0.4, 0.5) is 10.1 Å². The van der Waals surface area contributed by atoms with Crippen LogP contribution < -0.4 is 5.73 Å². The van der Waals surface area contributed by atoms with E-state index in [1.54, 1.807) is 36.9 Å². The van der Waals surface area contributed by atoms with Crippen LogP contribution in [-0.4, -0.2) is 55.5 Å². The van der Waals surface area contributed by atoms with Crippen molar-refractivity contribution in [3.63, 3.8) is 0 Å². The van der Waals surface area contributed by atoms with Gasteiger partial charge in [0.2, 0.25) is 0 Å². The van der Waals surface area contributed by atoms with E-state index in [0.717, 1.165) is 22.8 Å². The summed E-state index contributed by atoms with van der Waals surface area (Å²) in [4.78, 5) is 20.9. The van der Waals surface area contributed by atoms with Gasteiger partial charge in [0.1, 0.15) is 21.3 Å². The summed E-state index contributed by atoms with van der Waals surface area (Å²) in [7, 11) is -3.18. The van der Waals surface area contributed by atoms with Crippen LogP contribution in [0.3, 0.4) is 0 Å². The van der Waals surface area contributed by atoms with Gasteiger partial charge in [-0.1, -0.05) is 6.07 Å². The molecule has 38 heavy (non-hydrogen) atoms. The van der Waals surface area contributed by atoms with Crippen molar-refractivity contribution in [1.29, 1.82) is 0 Å². The smallest absolute Gasteiger partial charge is 0.181 e. The third-order valence-corrected chi connectivity index (χ3v) is 7.11. The fourth-order valence-electron chi connectivity index (χ4n) is 4.38. The number of pyridine rings is 3. The van der Waals surface area contributed by atoms with Crippen LogP contribution in [0.2, 0.25) is 0 Å². The molecule has 0 amide bonds. The van der Waals surface area contributed by atoms with Crippen molar-refractivity contribution in [3.05, 3.63) is 72.6 Å². The third kappa shape index (κ3) is 4.57. The first kappa shape index (κ1) is 23.7. The Hall–Kier alpha value is -4.71. The van der Waals surface area contributed by atoms with Crippen LogP contribution in [0.5, 0.6) is 0 Å². The number of hydrogen-bond donors (Lipinski definition) is 3. The molecule has 0 atom stereocenters. The normalized spacial score (nSPS) is 11.9. The number of nitrogen functional groups attached to an aromatic ring is 1. The minimum Gasteiger partial charge on any atom is -0.397 e. The molecule has 1 aromatic carbocycles. The molecule has 0 unspecified atom stereocenters. The topological polar surface area (TPSA) is 156 Å². The lowest BCUT2D eigenvalue weighted by Crippen LogP contribution is -2.06. The van der Waals surface area contributed by atoms with E-state index in [4.69, 9.17) is 5.73 Å². The lowest BCUT2D eigenvalue weighted by atomic mass is 10.0. The summed E-state index contributed by atoms with van der Waals surface area (Å²) in [5.41, 5.74) is 12.1. The summed E-state index contributed by atoms with van der Waals surface area (Å²) >= 11 is 0. The monoisotopic (exact) mass is 528 g/mol. The molecule has 0 bridgehead atoms. The zero-order valence-electron chi connectivity index (χ0n) is 20.1. The molecule has 0 saturated heterocycles. The first-order chi connectivity index (χ1) is 18.2. The number of benzene rings is 1. The molecule has 0 aliphatic heterocycles. The highest BCUT2D eigenvalue weighted by molar-refractivity contribution is 7.90. The van der Waals surface area contributed by atoms with Gasteiger partial charge < -0.3 is 10.7 Å². The molecule has 4 N–H and O–H groups in total. The average Bonchev–Trinajstić information content (AvgIpc) is 3.50. The number of hydrogen-bond acceptors (Lipinski definition) is 8. The second-order valence-corrected chi connectivity index (χ2v) is 11.3. The van der Waals surface area contributed by atoms with Gasteiger partial charge in [-0.15, -0.1) is 0 Å². The number of nitrogens with two attached hydrogens (primary N) is 1. The number of halogens is 1. The van der Waals surface area contributed by atoms with Crippen LogP contribution in [0.15, 0.2) is 61.2 Å². The van der Waals surface area contributed by atoms with Crippen molar-refractivity contribution in [2.45, 2.75) is 6.42 Å². The largest absolute Gasteiger partial charge is 0.397 e. The van der Waals surface area contributed by atoms with E-state index in [1.807, 2.05) is 12.1 Å². The Bertz CT molecular complexity index is 1950. The number of fused-ring (bicyclic) bond motifs is 2. The number of imidazole rings is 1. The van der Waals surface area contributed by atoms with Gasteiger partial charge in [-0.2, -0.15) is 5.10 Å². The van der Waals surface area contributed by atoms with Crippen LogP contribution in [0.25, 0.3) is 56.0 Å². The van der Waals surface area contributed by atoms with Gasteiger partial charge in [0.05, 0.1) is 22.3 Å². The zero-order valence-corrected chi connectivity index (χ0v) is 20.9. The molecule has 190 valence electrons. The molecule has 0 radical (unpaired) electrons. The number of nitrogens with zero attached hydrogens (tertiary/aromatic N) is 5. The van der Waals surface area contributed by atoms with Crippen molar-refractivity contribution < 1.29 is 12.8 Å². The maximum absolute atomic E-state index is 14.5. The van der Waals surface area contributed by atoms with Gasteiger partial charge in [-0.05, 0) is 47.9 Å². The van der Waals surface area contributed by atoms with E-state index in [9.17, 15) is 12.8 Å². The fourth-order valence-corrected chi connectivity index (χ4v) is 4.98. The van der Waals surface area contributed by atoms with Crippen LogP contribution in [0.1, 0.15) is 5.56 Å². The van der Waals surface area contributed by atoms with E-state index in [2.05, 4.69) is 35.1 Å². The fraction of sp³-hybridized carbons (Fsp3) is 0.115. The minimum absolute atomic E-state index is 0.0651. The summed E-state index contributed by atoms with van der Waals surface area (Å²) in [6, 6.07) is 10.0. The third-order valence-electron chi connectivity index (χ3n) is 6.16. The van der Waals surface area contributed by atoms with Gasteiger partial charge in [0.25, 0.3) is 0 Å². The molecule has 6 aromatic rings.